The van der Waals surface area contributed by atoms with Crippen LogP contribution in [0.2, 0.25) is 0 Å². The van der Waals surface area contributed by atoms with E-state index in [0.717, 1.165) is 29.4 Å². The van der Waals surface area contributed by atoms with E-state index < -0.39 is 5.60 Å². The predicted octanol–water partition coefficient (Wildman–Crippen LogP) is 2.22. The van der Waals surface area contributed by atoms with E-state index >= 15 is 0 Å². The highest BCUT2D eigenvalue weighted by Gasteiger charge is 2.33. The van der Waals surface area contributed by atoms with Crippen molar-refractivity contribution in [2.75, 3.05) is 13.7 Å². The molecule has 1 aromatic heterocycles. The van der Waals surface area contributed by atoms with Gasteiger partial charge in [-0.3, -0.25) is 4.68 Å². The van der Waals surface area contributed by atoms with Gasteiger partial charge in [0.2, 0.25) is 0 Å². The van der Waals surface area contributed by atoms with Crippen LogP contribution in [0.5, 0.6) is 0 Å². The van der Waals surface area contributed by atoms with Crippen molar-refractivity contribution in [3.05, 3.63) is 28.5 Å². The Morgan fingerprint density at radius 1 is 1.65 bits per heavy atom. The van der Waals surface area contributed by atoms with E-state index in [1.165, 1.54) is 0 Å². The van der Waals surface area contributed by atoms with Gasteiger partial charge in [-0.1, -0.05) is 12.2 Å². The van der Waals surface area contributed by atoms with Gasteiger partial charge in [-0.05, 0) is 35.2 Å². The summed E-state index contributed by atoms with van der Waals surface area (Å²) in [7, 11) is 1.66. The number of aliphatic hydroxyl groups is 1. The van der Waals surface area contributed by atoms with Gasteiger partial charge >= 0.3 is 0 Å². The van der Waals surface area contributed by atoms with Crippen molar-refractivity contribution in [2.24, 2.45) is 0 Å². The van der Waals surface area contributed by atoms with E-state index in [9.17, 15) is 5.11 Å². The lowest BCUT2D eigenvalue weighted by molar-refractivity contribution is 0.0600. The normalized spacial score (nSPS) is 24.2. The molecule has 1 heterocycles. The first-order valence-corrected chi connectivity index (χ1v) is 6.57. The van der Waals surface area contributed by atoms with Crippen molar-refractivity contribution >= 4 is 15.9 Å². The Balaban J connectivity index is 2.32. The molecular formula is C12H17BrN2O2. The summed E-state index contributed by atoms with van der Waals surface area (Å²) in [5.74, 6) is 0. The molecule has 0 saturated heterocycles. The standard InChI is InChI=1S/C12H17BrN2O2/c1-17-8-7-15-11(10(13)9-14-15)12(16)5-3-2-4-6-12/h3,5,9,16H,2,4,6-8H2,1H3. The average Bonchev–Trinajstić information content (AvgIpc) is 2.69. The number of ether oxygens (including phenoxy) is 1. The largest absolute Gasteiger partial charge is 0.383 e. The lowest BCUT2D eigenvalue weighted by atomic mass is 9.88. The van der Waals surface area contributed by atoms with E-state index in [1.54, 1.807) is 13.3 Å². The maximum Gasteiger partial charge on any atom is 0.125 e. The van der Waals surface area contributed by atoms with Crippen LogP contribution in [0.25, 0.3) is 0 Å². The van der Waals surface area contributed by atoms with Gasteiger partial charge in [-0.2, -0.15) is 5.10 Å². The molecule has 0 radical (unpaired) electrons. The van der Waals surface area contributed by atoms with Gasteiger partial charge in [-0.15, -0.1) is 0 Å². The Morgan fingerprint density at radius 3 is 3.12 bits per heavy atom. The highest BCUT2D eigenvalue weighted by atomic mass is 79.9. The van der Waals surface area contributed by atoms with Gasteiger partial charge in [0.05, 0.1) is 29.5 Å². The van der Waals surface area contributed by atoms with Crippen LogP contribution in [0.3, 0.4) is 0 Å². The minimum Gasteiger partial charge on any atom is -0.383 e. The lowest BCUT2D eigenvalue weighted by Crippen LogP contribution is -2.29. The molecule has 1 aromatic rings. The van der Waals surface area contributed by atoms with Gasteiger partial charge in [0.25, 0.3) is 0 Å². The molecule has 1 aliphatic rings. The Hall–Kier alpha value is -0.650. The van der Waals surface area contributed by atoms with Crippen LogP contribution in [0.1, 0.15) is 25.0 Å². The summed E-state index contributed by atoms with van der Waals surface area (Å²) in [5, 5.41) is 14.9. The fourth-order valence-corrected chi connectivity index (χ4v) is 2.83. The molecule has 0 saturated carbocycles. The molecule has 2 rings (SSSR count). The zero-order valence-corrected chi connectivity index (χ0v) is 11.5. The number of hydrogen-bond donors (Lipinski definition) is 1. The minimum absolute atomic E-state index is 0.584. The van der Waals surface area contributed by atoms with E-state index in [0.29, 0.717) is 13.2 Å². The summed E-state index contributed by atoms with van der Waals surface area (Å²) >= 11 is 3.46. The van der Waals surface area contributed by atoms with E-state index in [1.807, 2.05) is 16.8 Å². The molecule has 4 nitrogen and oxygen atoms in total. The van der Waals surface area contributed by atoms with Crippen molar-refractivity contribution in [1.82, 2.24) is 9.78 Å². The minimum atomic E-state index is -0.901. The molecule has 1 atom stereocenters. The first-order chi connectivity index (χ1) is 8.17. The van der Waals surface area contributed by atoms with Crippen molar-refractivity contribution in [3.63, 3.8) is 0 Å². The summed E-state index contributed by atoms with van der Waals surface area (Å²) in [5.41, 5.74) is -0.0769. The van der Waals surface area contributed by atoms with Gasteiger partial charge < -0.3 is 9.84 Å². The topological polar surface area (TPSA) is 47.3 Å². The van der Waals surface area contributed by atoms with Crippen LogP contribution in [0, 0.1) is 0 Å². The number of halogens is 1. The Labute approximate surface area is 109 Å². The molecule has 17 heavy (non-hydrogen) atoms. The number of hydrogen-bond acceptors (Lipinski definition) is 3. The summed E-state index contributed by atoms with van der Waals surface area (Å²) in [6.07, 6.45) is 8.40. The van der Waals surface area contributed by atoms with Gasteiger partial charge in [-0.25, -0.2) is 0 Å². The molecule has 94 valence electrons. The maximum atomic E-state index is 10.7. The van der Waals surface area contributed by atoms with Crippen molar-refractivity contribution < 1.29 is 9.84 Å². The smallest absolute Gasteiger partial charge is 0.125 e. The van der Waals surface area contributed by atoms with Gasteiger partial charge in [0.15, 0.2) is 0 Å². The second-order valence-electron chi connectivity index (χ2n) is 4.28. The first kappa shape index (κ1) is 12.8. The third-order valence-corrected chi connectivity index (χ3v) is 3.61. The second kappa shape index (κ2) is 5.33. The van der Waals surface area contributed by atoms with Crippen LogP contribution in [0.15, 0.2) is 22.8 Å². The molecule has 5 heteroatoms. The molecule has 1 aliphatic carbocycles. The van der Waals surface area contributed by atoms with Crippen molar-refractivity contribution in [2.45, 2.75) is 31.4 Å². The number of nitrogens with zero attached hydrogens (tertiary/aromatic N) is 2. The molecule has 0 fully saturated rings. The molecular weight excluding hydrogens is 284 g/mol. The second-order valence-corrected chi connectivity index (χ2v) is 5.13. The summed E-state index contributed by atoms with van der Waals surface area (Å²) in [6.45, 7) is 1.23. The fraction of sp³-hybridized carbons (Fsp3) is 0.583. The zero-order valence-electron chi connectivity index (χ0n) is 9.90. The molecule has 0 amide bonds. The predicted molar refractivity (Wildman–Crippen MR) is 68.7 cm³/mol. The summed E-state index contributed by atoms with van der Waals surface area (Å²) in [4.78, 5) is 0. The SMILES string of the molecule is COCCn1ncc(Br)c1C1(O)C=CCCC1. The molecule has 0 aromatic carbocycles. The lowest BCUT2D eigenvalue weighted by Gasteiger charge is -2.28. The monoisotopic (exact) mass is 300 g/mol. The first-order valence-electron chi connectivity index (χ1n) is 5.78. The summed E-state index contributed by atoms with van der Waals surface area (Å²) < 4.78 is 7.71. The average molecular weight is 301 g/mol. The number of methoxy groups -OCH3 is 1. The van der Waals surface area contributed by atoms with E-state index in [4.69, 9.17) is 4.74 Å². The Bertz CT molecular complexity index is 417. The third kappa shape index (κ3) is 2.61. The highest BCUT2D eigenvalue weighted by Crippen LogP contribution is 2.36. The van der Waals surface area contributed by atoms with Crippen LogP contribution in [-0.4, -0.2) is 28.6 Å². The Morgan fingerprint density at radius 2 is 2.47 bits per heavy atom. The van der Waals surface area contributed by atoms with Crippen LogP contribution in [0.4, 0.5) is 0 Å². The Kier molecular flexibility index (Phi) is 4.01. The molecule has 0 bridgehead atoms. The van der Waals surface area contributed by atoms with Gasteiger partial charge in [0.1, 0.15) is 5.60 Å². The van der Waals surface area contributed by atoms with Crippen molar-refractivity contribution in [1.29, 1.82) is 0 Å². The van der Waals surface area contributed by atoms with Crippen LogP contribution < -0.4 is 0 Å². The number of allylic oxidation sites excluding steroid dienone is 1. The number of aromatic nitrogens is 2. The maximum absolute atomic E-state index is 10.7. The molecule has 1 unspecified atom stereocenters. The van der Waals surface area contributed by atoms with Crippen molar-refractivity contribution in [3.8, 4) is 0 Å². The molecule has 0 spiro atoms. The number of rotatable bonds is 4. The fourth-order valence-electron chi connectivity index (χ4n) is 2.19. The van der Waals surface area contributed by atoms with E-state index in [-0.39, 0.29) is 0 Å². The third-order valence-electron chi connectivity index (χ3n) is 3.03. The zero-order chi connectivity index (χ0) is 12.3. The molecule has 0 aliphatic heterocycles. The van der Waals surface area contributed by atoms with Crippen LogP contribution >= 0.6 is 15.9 Å². The quantitative estimate of drug-likeness (QED) is 0.868. The molecule has 1 N–H and O–H groups in total. The van der Waals surface area contributed by atoms with Gasteiger partial charge in [0, 0.05) is 7.11 Å². The highest BCUT2D eigenvalue weighted by molar-refractivity contribution is 9.10. The van der Waals surface area contributed by atoms with E-state index in [2.05, 4.69) is 21.0 Å². The van der Waals surface area contributed by atoms with Crippen LogP contribution in [-0.2, 0) is 16.9 Å². The summed E-state index contributed by atoms with van der Waals surface area (Å²) in [6, 6.07) is 0.